The Balaban J connectivity index is 1.65. The van der Waals surface area contributed by atoms with Crippen LogP contribution in [-0.2, 0) is 12.8 Å². The SMILES string of the molecule is CCc1nc(-c2nnc(NSCCc3ccc(F)cc3C#N)n2-c2c(OC)cccc2OC)cs1. The van der Waals surface area contributed by atoms with Crippen molar-refractivity contribution >= 4 is 29.2 Å². The molecule has 8 nitrogen and oxygen atoms in total. The Bertz CT molecular complexity index is 1340. The fourth-order valence-corrected chi connectivity index (χ4v) is 4.91. The largest absolute Gasteiger partial charge is 0.494 e. The van der Waals surface area contributed by atoms with Crippen molar-refractivity contribution in [1.29, 1.82) is 5.26 Å². The Kier molecular flexibility index (Phi) is 7.84. The van der Waals surface area contributed by atoms with Crippen LogP contribution in [0.1, 0.15) is 23.1 Å². The van der Waals surface area contributed by atoms with E-state index in [9.17, 15) is 9.65 Å². The van der Waals surface area contributed by atoms with Gasteiger partial charge in [0.1, 0.15) is 28.7 Å². The molecule has 2 heterocycles. The van der Waals surface area contributed by atoms with E-state index in [0.29, 0.717) is 52.4 Å². The van der Waals surface area contributed by atoms with Gasteiger partial charge in [-0.25, -0.2) is 9.37 Å². The number of nitriles is 1. The molecule has 2 aromatic carbocycles. The quantitative estimate of drug-likeness (QED) is 0.227. The van der Waals surface area contributed by atoms with E-state index in [1.807, 2.05) is 34.2 Å². The van der Waals surface area contributed by atoms with Crippen LogP contribution >= 0.6 is 23.3 Å². The lowest BCUT2D eigenvalue weighted by atomic mass is 10.1. The highest BCUT2D eigenvalue weighted by Crippen LogP contribution is 2.38. The van der Waals surface area contributed by atoms with E-state index in [-0.39, 0.29) is 0 Å². The standard InChI is InChI=1S/C24H23FN6O2S2/c1-4-21-27-18(14-34-21)23-28-29-24(31(23)22-19(32-2)6-5-7-20(22)33-3)30-35-11-10-15-8-9-17(25)12-16(15)13-26/h5-9,12,14H,4,10-11H2,1-3H3,(H,29,30). The third kappa shape index (κ3) is 5.23. The molecule has 0 radical (unpaired) electrons. The molecule has 4 rings (SSSR count). The van der Waals surface area contributed by atoms with Gasteiger partial charge in [-0.15, -0.1) is 21.5 Å². The van der Waals surface area contributed by atoms with Crippen LogP contribution in [0.25, 0.3) is 17.2 Å². The first-order chi connectivity index (χ1) is 17.1. The second kappa shape index (κ2) is 11.2. The van der Waals surface area contributed by atoms with Crippen molar-refractivity contribution in [2.24, 2.45) is 0 Å². The molecule has 0 atom stereocenters. The summed E-state index contributed by atoms with van der Waals surface area (Å²) < 4.78 is 29.8. The van der Waals surface area contributed by atoms with Gasteiger partial charge in [-0.3, -0.25) is 9.29 Å². The third-order valence-corrected chi connectivity index (χ3v) is 6.93. The molecule has 35 heavy (non-hydrogen) atoms. The Morgan fingerprint density at radius 2 is 1.94 bits per heavy atom. The van der Waals surface area contributed by atoms with Crippen molar-refractivity contribution in [3.8, 4) is 34.8 Å². The average Bonchev–Trinajstić information content (AvgIpc) is 3.53. The number of aromatic nitrogens is 4. The van der Waals surface area contributed by atoms with Crippen LogP contribution in [0.2, 0.25) is 0 Å². The van der Waals surface area contributed by atoms with Crippen LogP contribution in [0.4, 0.5) is 10.3 Å². The van der Waals surface area contributed by atoms with E-state index in [1.165, 1.54) is 24.1 Å². The molecule has 0 aliphatic heterocycles. The maximum absolute atomic E-state index is 13.4. The molecule has 180 valence electrons. The summed E-state index contributed by atoms with van der Waals surface area (Å²) in [6.07, 6.45) is 1.40. The van der Waals surface area contributed by atoms with E-state index in [0.717, 1.165) is 17.0 Å². The van der Waals surface area contributed by atoms with E-state index in [1.54, 1.807) is 31.6 Å². The fraction of sp³-hybridized carbons (Fsp3) is 0.250. The smallest absolute Gasteiger partial charge is 0.239 e. The minimum Gasteiger partial charge on any atom is -0.494 e. The summed E-state index contributed by atoms with van der Waals surface area (Å²) in [7, 11) is 3.19. The number of nitrogens with zero attached hydrogens (tertiary/aromatic N) is 5. The molecule has 11 heteroatoms. The Labute approximate surface area is 210 Å². The molecule has 0 bridgehead atoms. The molecule has 0 amide bonds. The molecule has 0 saturated heterocycles. The second-order valence-electron chi connectivity index (χ2n) is 7.29. The monoisotopic (exact) mass is 510 g/mol. The lowest BCUT2D eigenvalue weighted by Gasteiger charge is -2.17. The number of para-hydroxylation sites is 1. The molecule has 4 aromatic rings. The predicted molar refractivity (Wildman–Crippen MR) is 136 cm³/mol. The lowest BCUT2D eigenvalue weighted by molar-refractivity contribution is 0.391. The second-order valence-corrected chi connectivity index (χ2v) is 9.13. The first kappa shape index (κ1) is 24.5. The minimum absolute atomic E-state index is 0.338. The summed E-state index contributed by atoms with van der Waals surface area (Å²) in [5.41, 5.74) is 2.48. The van der Waals surface area contributed by atoms with E-state index < -0.39 is 5.82 Å². The van der Waals surface area contributed by atoms with Crippen LogP contribution in [0, 0.1) is 17.1 Å². The van der Waals surface area contributed by atoms with Gasteiger partial charge in [-0.1, -0.05) is 19.1 Å². The Morgan fingerprint density at radius 3 is 2.60 bits per heavy atom. The predicted octanol–water partition coefficient (Wildman–Crippen LogP) is 5.28. The summed E-state index contributed by atoms with van der Waals surface area (Å²) in [6, 6.07) is 11.8. The summed E-state index contributed by atoms with van der Waals surface area (Å²) in [6.45, 7) is 2.05. The molecule has 0 spiro atoms. The van der Waals surface area contributed by atoms with Crippen LogP contribution in [-0.4, -0.2) is 39.7 Å². The third-order valence-electron chi connectivity index (χ3n) is 5.20. The van der Waals surface area contributed by atoms with Gasteiger partial charge >= 0.3 is 0 Å². The van der Waals surface area contributed by atoms with Crippen molar-refractivity contribution in [3.63, 3.8) is 0 Å². The normalized spacial score (nSPS) is 10.7. The van der Waals surface area contributed by atoms with Crippen molar-refractivity contribution in [3.05, 3.63) is 63.7 Å². The molecular formula is C24H23FN6O2S2. The number of rotatable bonds is 10. The number of anilines is 1. The summed E-state index contributed by atoms with van der Waals surface area (Å²) in [4.78, 5) is 4.69. The Hall–Kier alpha value is -3.62. The number of thiazole rings is 1. The zero-order valence-corrected chi connectivity index (χ0v) is 21.0. The average molecular weight is 511 g/mol. The molecule has 0 aliphatic rings. The van der Waals surface area contributed by atoms with Gasteiger partial charge in [0.25, 0.3) is 0 Å². The van der Waals surface area contributed by atoms with Crippen LogP contribution < -0.4 is 14.2 Å². The Morgan fingerprint density at radius 1 is 1.17 bits per heavy atom. The molecule has 0 aliphatic carbocycles. The number of nitrogens with one attached hydrogen (secondary N) is 1. The molecule has 2 aromatic heterocycles. The number of halogens is 1. The van der Waals surface area contributed by atoms with Crippen LogP contribution in [0.15, 0.2) is 41.8 Å². The van der Waals surface area contributed by atoms with Gasteiger partial charge in [0, 0.05) is 11.1 Å². The minimum atomic E-state index is -0.421. The number of benzene rings is 2. The maximum Gasteiger partial charge on any atom is 0.239 e. The lowest BCUT2D eigenvalue weighted by Crippen LogP contribution is -2.07. The topological polar surface area (TPSA) is 97.9 Å². The van der Waals surface area contributed by atoms with Crippen LogP contribution in [0.5, 0.6) is 11.5 Å². The summed E-state index contributed by atoms with van der Waals surface area (Å²) in [5.74, 6) is 2.40. The van der Waals surface area contributed by atoms with Crippen LogP contribution in [0.3, 0.4) is 0 Å². The fourth-order valence-electron chi connectivity index (χ4n) is 3.50. The number of methoxy groups -OCH3 is 2. The van der Waals surface area contributed by atoms with Gasteiger partial charge in [0.15, 0.2) is 5.82 Å². The number of hydrogen-bond donors (Lipinski definition) is 1. The highest BCUT2D eigenvalue weighted by molar-refractivity contribution is 8.00. The summed E-state index contributed by atoms with van der Waals surface area (Å²) in [5, 5.41) is 21.0. The van der Waals surface area contributed by atoms with Gasteiger partial charge in [-0.05, 0) is 54.6 Å². The van der Waals surface area contributed by atoms with E-state index in [4.69, 9.17) is 9.47 Å². The number of ether oxygens (including phenoxy) is 2. The van der Waals surface area contributed by atoms with Gasteiger partial charge in [0.2, 0.25) is 5.95 Å². The summed E-state index contributed by atoms with van der Waals surface area (Å²) >= 11 is 2.97. The number of hydrogen-bond acceptors (Lipinski definition) is 9. The molecule has 0 fully saturated rings. The van der Waals surface area contributed by atoms with Gasteiger partial charge in [0.05, 0.1) is 30.9 Å². The zero-order valence-electron chi connectivity index (χ0n) is 19.4. The highest BCUT2D eigenvalue weighted by atomic mass is 32.2. The highest BCUT2D eigenvalue weighted by Gasteiger charge is 2.23. The molecular weight excluding hydrogens is 487 g/mol. The molecule has 0 unspecified atom stereocenters. The molecule has 0 saturated carbocycles. The first-order valence-electron chi connectivity index (χ1n) is 10.8. The number of aryl methyl sites for hydroxylation is 2. The van der Waals surface area contributed by atoms with Crippen molar-refractivity contribution in [1.82, 2.24) is 19.7 Å². The first-order valence-corrected chi connectivity index (χ1v) is 12.6. The van der Waals surface area contributed by atoms with E-state index in [2.05, 4.69) is 26.8 Å². The van der Waals surface area contributed by atoms with Crippen molar-refractivity contribution in [2.45, 2.75) is 19.8 Å². The van der Waals surface area contributed by atoms with Crippen molar-refractivity contribution < 1.29 is 13.9 Å². The zero-order chi connectivity index (χ0) is 24.8. The van der Waals surface area contributed by atoms with Gasteiger partial charge in [-0.2, -0.15) is 5.26 Å². The maximum atomic E-state index is 13.4. The molecule has 1 N–H and O–H groups in total. The van der Waals surface area contributed by atoms with Gasteiger partial charge < -0.3 is 9.47 Å². The van der Waals surface area contributed by atoms with Crippen molar-refractivity contribution in [2.75, 3.05) is 24.7 Å². The van der Waals surface area contributed by atoms with E-state index >= 15 is 0 Å².